The molecule has 2 heterocycles. The molecule has 0 N–H and O–H groups in total. The molecule has 0 bridgehead atoms. The number of amides is 1. The third-order valence-corrected chi connectivity index (χ3v) is 5.48. The number of benzene rings is 3. The summed E-state index contributed by atoms with van der Waals surface area (Å²) in [4.78, 5) is 14.7. The van der Waals surface area contributed by atoms with E-state index in [4.69, 9.17) is 25.8 Å². The van der Waals surface area contributed by atoms with Crippen LogP contribution in [0.3, 0.4) is 0 Å². The van der Waals surface area contributed by atoms with E-state index in [1.165, 1.54) is 12.1 Å². The summed E-state index contributed by atoms with van der Waals surface area (Å²) < 4.78 is 30.2. The zero-order valence-electron chi connectivity index (χ0n) is 15.8. The quantitative estimate of drug-likeness (QED) is 0.554. The number of hydrogen-bond acceptors (Lipinski definition) is 4. The number of ether oxygens (including phenoxy) is 3. The van der Waals surface area contributed by atoms with Crippen molar-refractivity contribution in [3.63, 3.8) is 0 Å². The molecule has 1 amide bonds. The monoisotopic (exact) mass is 425 g/mol. The van der Waals surface area contributed by atoms with Crippen LogP contribution in [0, 0.1) is 5.82 Å². The van der Waals surface area contributed by atoms with Crippen LogP contribution in [0.4, 0.5) is 4.39 Å². The second-order valence-corrected chi connectivity index (χ2v) is 7.58. The van der Waals surface area contributed by atoms with Gasteiger partial charge in [-0.05, 0) is 59.7 Å². The van der Waals surface area contributed by atoms with Crippen molar-refractivity contribution in [1.82, 2.24) is 4.90 Å². The van der Waals surface area contributed by atoms with E-state index in [2.05, 4.69) is 0 Å². The van der Waals surface area contributed by atoms with Crippen LogP contribution in [-0.4, -0.2) is 23.7 Å². The number of fused-ring (bicyclic) bond motifs is 1. The minimum Gasteiger partial charge on any atom is -0.478 e. The van der Waals surface area contributed by atoms with Gasteiger partial charge in [0.15, 0.2) is 11.5 Å². The summed E-state index contributed by atoms with van der Waals surface area (Å²) in [5.74, 6) is 1.41. The van der Waals surface area contributed by atoms with E-state index < -0.39 is 6.10 Å². The largest absolute Gasteiger partial charge is 0.478 e. The SMILES string of the molecule is O=C1[C@@H](Oc2ccc(Cl)cc2)[C@H](c2ccc3c(c2)OCO3)N1Cc1ccc(F)cc1. The maximum absolute atomic E-state index is 13.3. The molecule has 0 radical (unpaired) electrons. The van der Waals surface area contributed by atoms with Gasteiger partial charge < -0.3 is 19.1 Å². The zero-order chi connectivity index (χ0) is 20.7. The number of hydrogen-bond donors (Lipinski definition) is 0. The number of halogens is 2. The average molecular weight is 426 g/mol. The molecule has 7 heteroatoms. The fourth-order valence-corrected chi connectivity index (χ4v) is 3.83. The highest BCUT2D eigenvalue weighted by molar-refractivity contribution is 6.30. The van der Waals surface area contributed by atoms with Crippen LogP contribution in [0.1, 0.15) is 17.2 Å². The van der Waals surface area contributed by atoms with Gasteiger partial charge in [-0.15, -0.1) is 0 Å². The summed E-state index contributed by atoms with van der Waals surface area (Å²) in [6, 6.07) is 18.3. The number of β-lactam (4-membered cyclic amide) rings is 1. The van der Waals surface area contributed by atoms with E-state index in [0.717, 1.165) is 11.1 Å². The maximum Gasteiger partial charge on any atom is 0.267 e. The lowest BCUT2D eigenvalue weighted by Crippen LogP contribution is -2.60. The molecule has 152 valence electrons. The normalized spacial score (nSPS) is 19.5. The molecular weight excluding hydrogens is 409 g/mol. The molecule has 5 rings (SSSR count). The van der Waals surface area contributed by atoms with Crippen molar-refractivity contribution in [2.45, 2.75) is 18.7 Å². The first-order chi connectivity index (χ1) is 14.6. The first-order valence-corrected chi connectivity index (χ1v) is 9.83. The molecule has 2 atom stereocenters. The molecule has 30 heavy (non-hydrogen) atoms. The van der Waals surface area contributed by atoms with Crippen LogP contribution < -0.4 is 14.2 Å². The van der Waals surface area contributed by atoms with Crippen molar-refractivity contribution in [1.29, 1.82) is 0 Å². The molecule has 3 aromatic rings. The van der Waals surface area contributed by atoms with Crippen molar-refractivity contribution in [2.75, 3.05) is 6.79 Å². The first-order valence-electron chi connectivity index (χ1n) is 9.45. The highest BCUT2D eigenvalue weighted by Crippen LogP contribution is 2.42. The van der Waals surface area contributed by atoms with Gasteiger partial charge in [0, 0.05) is 11.6 Å². The molecule has 2 aliphatic rings. The zero-order valence-corrected chi connectivity index (χ0v) is 16.5. The first kappa shape index (κ1) is 18.8. The fourth-order valence-electron chi connectivity index (χ4n) is 3.71. The second-order valence-electron chi connectivity index (χ2n) is 7.14. The van der Waals surface area contributed by atoms with E-state index in [-0.39, 0.29) is 24.6 Å². The van der Waals surface area contributed by atoms with Crippen molar-refractivity contribution < 1.29 is 23.4 Å². The Morgan fingerprint density at radius 3 is 2.50 bits per heavy atom. The van der Waals surface area contributed by atoms with Crippen LogP contribution >= 0.6 is 11.6 Å². The van der Waals surface area contributed by atoms with E-state index in [9.17, 15) is 9.18 Å². The van der Waals surface area contributed by atoms with E-state index in [0.29, 0.717) is 28.8 Å². The Balaban J connectivity index is 1.44. The van der Waals surface area contributed by atoms with E-state index in [1.54, 1.807) is 41.3 Å². The Hall–Kier alpha value is -3.25. The predicted molar refractivity (Wildman–Crippen MR) is 108 cm³/mol. The summed E-state index contributed by atoms with van der Waals surface area (Å²) >= 11 is 5.94. The lowest BCUT2D eigenvalue weighted by Gasteiger charge is -2.46. The molecular formula is C23H17ClFNO4. The Kier molecular flexibility index (Phi) is 4.71. The number of carbonyl (C=O) groups excluding carboxylic acids is 1. The number of rotatable bonds is 5. The van der Waals surface area contributed by atoms with Crippen LogP contribution in [0.15, 0.2) is 66.7 Å². The Labute approximate surface area is 177 Å². The summed E-state index contributed by atoms with van der Waals surface area (Å²) in [5, 5.41) is 0.590. The van der Waals surface area contributed by atoms with Gasteiger partial charge in [-0.3, -0.25) is 4.79 Å². The molecule has 0 aromatic heterocycles. The molecule has 2 aliphatic heterocycles. The molecule has 0 aliphatic carbocycles. The highest BCUT2D eigenvalue weighted by atomic mass is 35.5. The van der Waals surface area contributed by atoms with Gasteiger partial charge in [0.25, 0.3) is 5.91 Å². The smallest absolute Gasteiger partial charge is 0.267 e. The van der Waals surface area contributed by atoms with Gasteiger partial charge >= 0.3 is 0 Å². The summed E-state index contributed by atoms with van der Waals surface area (Å²) in [6.45, 7) is 0.519. The third-order valence-electron chi connectivity index (χ3n) is 5.23. The molecule has 0 unspecified atom stereocenters. The van der Waals surface area contributed by atoms with E-state index in [1.807, 2.05) is 18.2 Å². The molecule has 1 fully saturated rings. The minimum absolute atomic E-state index is 0.142. The Morgan fingerprint density at radius 1 is 1.00 bits per heavy atom. The highest BCUT2D eigenvalue weighted by Gasteiger charge is 2.50. The summed E-state index contributed by atoms with van der Waals surface area (Å²) in [6.07, 6.45) is -0.688. The average Bonchev–Trinajstić information content (AvgIpc) is 3.23. The van der Waals surface area contributed by atoms with E-state index >= 15 is 0 Å². The summed E-state index contributed by atoms with van der Waals surface area (Å²) in [7, 11) is 0. The van der Waals surface area contributed by atoms with Gasteiger partial charge in [0.2, 0.25) is 12.9 Å². The van der Waals surface area contributed by atoms with Crippen LogP contribution in [0.5, 0.6) is 17.2 Å². The fraction of sp³-hybridized carbons (Fsp3) is 0.174. The van der Waals surface area contributed by atoms with Crippen molar-refractivity contribution in [2.24, 2.45) is 0 Å². The Bertz CT molecular complexity index is 1030. The Morgan fingerprint density at radius 2 is 1.73 bits per heavy atom. The minimum atomic E-state index is -0.688. The number of likely N-dealkylation sites (tertiary alicyclic amines) is 1. The summed E-state index contributed by atoms with van der Waals surface area (Å²) in [5.41, 5.74) is 1.71. The third kappa shape index (κ3) is 3.44. The van der Waals surface area contributed by atoms with Crippen molar-refractivity contribution in [3.8, 4) is 17.2 Å². The standard InChI is InChI=1S/C23H17ClFNO4/c24-16-4-8-18(9-5-16)30-22-21(15-3-10-19-20(11-15)29-13-28-19)26(23(22)27)12-14-1-6-17(25)7-2-14/h1-11,21-22H,12-13H2/t21-,22-/m0/s1. The van der Waals surface area contributed by atoms with Crippen LogP contribution in [0.25, 0.3) is 0 Å². The van der Waals surface area contributed by atoms with Gasteiger partial charge in [-0.2, -0.15) is 0 Å². The van der Waals surface area contributed by atoms with Gasteiger partial charge in [-0.25, -0.2) is 4.39 Å². The van der Waals surface area contributed by atoms with Crippen LogP contribution in [-0.2, 0) is 11.3 Å². The molecule has 0 spiro atoms. The molecule has 5 nitrogen and oxygen atoms in total. The van der Waals surface area contributed by atoms with Gasteiger partial charge in [0.05, 0.1) is 0 Å². The number of carbonyl (C=O) groups is 1. The predicted octanol–water partition coefficient (Wildman–Crippen LogP) is 4.74. The topological polar surface area (TPSA) is 48.0 Å². The molecule has 3 aromatic carbocycles. The van der Waals surface area contributed by atoms with Gasteiger partial charge in [0.1, 0.15) is 17.6 Å². The second kappa shape index (κ2) is 7.54. The van der Waals surface area contributed by atoms with Gasteiger partial charge in [-0.1, -0.05) is 29.8 Å². The van der Waals surface area contributed by atoms with Crippen molar-refractivity contribution in [3.05, 3.63) is 88.7 Å². The maximum atomic E-state index is 13.3. The van der Waals surface area contributed by atoms with Crippen molar-refractivity contribution >= 4 is 17.5 Å². The molecule has 0 saturated carbocycles. The lowest BCUT2D eigenvalue weighted by atomic mass is 9.89. The molecule has 1 saturated heterocycles. The lowest BCUT2D eigenvalue weighted by molar-refractivity contribution is -0.165. The van der Waals surface area contributed by atoms with Crippen LogP contribution in [0.2, 0.25) is 5.02 Å². The number of nitrogens with zero attached hydrogens (tertiary/aromatic N) is 1.